The first-order valence-corrected chi connectivity index (χ1v) is 21.6. The number of phosphoric acid groups is 1. The van der Waals surface area contributed by atoms with Crippen molar-refractivity contribution in [2.45, 2.75) is 134 Å². The summed E-state index contributed by atoms with van der Waals surface area (Å²) in [5.74, 6) is -5.97. The SMILES string of the molecule is CC(=O)N1CCC[C@H]1C(=O)N[C@@H](Cc1ccc(OP(=O)(O)O)cc1)C(=O)N[C@@H](CC(C)C)C(=O)N[C@@H](CCCCN)C(=O)N[C@H](C(=O)N[C@@H](CCCCN)C(=O)O)[C@@H](C)O. The van der Waals surface area contributed by atoms with Gasteiger partial charge in [-0.3, -0.25) is 38.6 Å². The van der Waals surface area contributed by atoms with Crippen LogP contribution >= 0.6 is 7.82 Å². The van der Waals surface area contributed by atoms with Crippen molar-refractivity contribution >= 4 is 49.2 Å². The number of nitrogens with two attached hydrogens (primary N) is 2. The van der Waals surface area contributed by atoms with E-state index in [0.717, 1.165) is 0 Å². The number of aliphatic hydroxyl groups is 1. The topological polar surface area (TPSA) is 342 Å². The van der Waals surface area contributed by atoms with Crippen molar-refractivity contribution in [1.29, 1.82) is 0 Å². The largest absolute Gasteiger partial charge is 0.524 e. The highest BCUT2D eigenvalue weighted by molar-refractivity contribution is 7.46. The number of rotatable bonds is 26. The summed E-state index contributed by atoms with van der Waals surface area (Å²) in [6, 6.07) is -2.24. The number of nitrogens with one attached hydrogen (secondary N) is 5. The Morgan fingerprint density at radius 1 is 0.783 bits per heavy atom. The number of carbonyl (C=O) groups excluding carboxylic acids is 6. The Kier molecular flexibility index (Phi) is 21.6. The van der Waals surface area contributed by atoms with Crippen molar-refractivity contribution in [3.8, 4) is 5.75 Å². The van der Waals surface area contributed by atoms with Gasteiger partial charge in [0.1, 0.15) is 42.0 Å². The number of aliphatic carboxylic acids is 1. The number of likely N-dealkylation sites (tertiary alicyclic amines) is 1. The predicted octanol–water partition coefficient (Wildman–Crippen LogP) is -1.09. The van der Waals surface area contributed by atoms with Gasteiger partial charge in [0.25, 0.3) is 0 Å². The molecule has 1 fully saturated rings. The maximum atomic E-state index is 14.1. The van der Waals surface area contributed by atoms with Crippen molar-refractivity contribution < 1.29 is 62.7 Å². The molecule has 1 aliphatic heterocycles. The van der Waals surface area contributed by atoms with Crippen LogP contribution in [0, 0.1) is 5.92 Å². The highest BCUT2D eigenvalue weighted by Gasteiger charge is 2.37. The van der Waals surface area contributed by atoms with Crippen LogP contribution in [0.3, 0.4) is 0 Å². The van der Waals surface area contributed by atoms with E-state index in [1.807, 2.05) is 0 Å². The van der Waals surface area contributed by atoms with Gasteiger partial charge in [0.05, 0.1) is 6.10 Å². The number of unbranched alkanes of at least 4 members (excludes halogenated alkanes) is 2. The second-order valence-electron chi connectivity index (χ2n) is 15.3. The molecule has 0 aromatic heterocycles. The first-order chi connectivity index (χ1) is 28.2. The Labute approximate surface area is 349 Å². The van der Waals surface area contributed by atoms with E-state index in [2.05, 4.69) is 31.1 Å². The van der Waals surface area contributed by atoms with Crippen LogP contribution in [0.5, 0.6) is 5.75 Å². The molecule has 13 N–H and O–H groups in total. The van der Waals surface area contributed by atoms with Gasteiger partial charge in [0.2, 0.25) is 35.4 Å². The summed E-state index contributed by atoms with van der Waals surface area (Å²) in [5.41, 5.74) is 11.6. The van der Waals surface area contributed by atoms with Gasteiger partial charge < -0.3 is 57.7 Å². The smallest absolute Gasteiger partial charge is 0.480 e. The van der Waals surface area contributed by atoms with Crippen molar-refractivity contribution in [3.63, 3.8) is 0 Å². The molecular formula is C38H63N8O13P. The Morgan fingerprint density at radius 2 is 1.32 bits per heavy atom. The molecule has 60 heavy (non-hydrogen) atoms. The van der Waals surface area contributed by atoms with Crippen molar-refractivity contribution in [3.05, 3.63) is 29.8 Å². The van der Waals surface area contributed by atoms with E-state index < -0.39 is 85.7 Å². The molecule has 22 heteroatoms. The van der Waals surface area contributed by atoms with Crippen LogP contribution in [0.25, 0.3) is 0 Å². The number of hydrogen-bond acceptors (Lipinski definition) is 12. The molecule has 0 saturated carbocycles. The molecule has 6 amide bonds. The highest BCUT2D eigenvalue weighted by atomic mass is 31.2. The molecular weight excluding hydrogens is 807 g/mol. The number of hydrogen-bond donors (Lipinski definition) is 11. The van der Waals surface area contributed by atoms with E-state index in [1.54, 1.807) is 13.8 Å². The number of carboxylic acid groups (broad SMARTS) is 1. The maximum Gasteiger partial charge on any atom is 0.524 e. The number of carboxylic acids is 1. The minimum absolute atomic E-state index is 0.0382. The molecule has 0 spiro atoms. The van der Waals surface area contributed by atoms with Crippen molar-refractivity contribution in [2.24, 2.45) is 17.4 Å². The first-order valence-electron chi connectivity index (χ1n) is 20.1. The van der Waals surface area contributed by atoms with Gasteiger partial charge in [0, 0.05) is 19.9 Å². The predicted molar refractivity (Wildman–Crippen MR) is 217 cm³/mol. The summed E-state index contributed by atoms with van der Waals surface area (Å²) in [4.78, 5) is 112. The molecule has 2 rings (SSSR count). The van der Waals surface area contributed by atoms with Gasteiger partial charge in [-0.15, -0.1) is 0 Å². The molecule has 1 aromatic rings. The minimum Gasteiger partial charge on any atom is -0.480 e. The molecule has 0 unspecified atom stereocenters. The maximum absolute atomic E-state index is 14.1. The normalized spacial score (nSPS) is 17.0. The summed E-state index contributed by atoms with van der Waals surface area (Å²) in [6.45, 7) is 7.09. The molecule has 21 nitrogen and oxygen atoms in total. The molecule has 1 aliphatic rings. The van der Waals surface area contributed by atoms with Gasteiger partial charge >= 0.3 is 13.8 Å². The highest BCUT2D eigenvalue weighted by Crippen LogP contribution is 2.37. The van der Waals surface area contributed by atoms with Gasteiger partial charge in [-0.1, -0.05) is 26.0 Å². The summed E-state index contributed by atoms with van der Waals surface area (Å²) in [6.07, 6.45) is 1.19. The van der Waals surface area contributed by atoms with E-state index in [0.29, 0.717) is 57.2 Å². The third kappa shape index (κ3) is 17.9. The molecule has 0 bridgehead atoms. The Hall–Kier alpha value is -4.66. The van der Waals surface area contributed by atoms with Gasteiger partial charge in [-0.05, 0) is 101 Å². The summed E-state index contributed by atoms with van der Waals surface area (Å²) in [7, 11) is -4.86. The van der Waals surface area contributed by atoms with Gasteiger partial charge in [-0.25, -0.2) is 9.36 Å². The molecule has 1 aromatic carbocycles. The van der Waals surface area contributed by atoms with Gasteiger partial charge in [-0.2, -0.15) is 0 Å². The van der Waals surface area contributed by atoms with E-state index in [9.17, 15) is 48.3 Å². The third-order valence-corrected chi connectivity index (χ3v) is 10.2. The van der Waals surface area contributed by atoms with Crippen LogP contribution in [-0.2, 0) is 44.5 Å². The van der Waals surface area contributed by atoms with Gasteiger partial charge in [0.15, 0.2) is 0 Å². The fourth-order valence-corrected chi connectivity index (χ4v) is 7.03. The number of carbonyl (C=O) groups is 7. The van der Waals surface area contributed by atoms with Crippen LogP contribution < -0.4 is 42.6 Å². The van der Waals surface area contributed by atoms with Crippen LogP contribution in [0.15, 0.2) is 24.3 Å². The minimum atomic E-state index is -4.86. The van der Waals surface area contributed by atoms with Crippen molar-refractivity contribution in [2.75, 3.05) is 19.6 Å². The number of phosphoric ester groups is 1. The molecule has 0 aliphatic carbocycles. The summed E-state index contributed by atoms with van der Waals surface area (Å²) >= 11 is 0. The fourth-order valence-electron chi connectivity index (χ4n) is 6.63. The molecule has 0 radical (unpaired) electrons. The van der Waals surface area contributed by atoms with Crippen LogP contribution in [-0.4, -0.2) is 128 Å². The summed E-state index contributed by atoms with van der Waals surface area (Å²) in [5, 5.41) is 32.9. The lowest BCUT2D eigenvalue weighted by molar-refractivity contribution is -0.143. The Bertz CT molecular complexity index is 1660. The number of aliphatic hydroxyl groups excluding tert-OH is 1. The molecule has 7 atom stereocenters. The fraction of sp³-hybridized carbons (Fsp3) is 0.658. The molecule has 1 heterocycles. The number of amides is 6. The van der Waals surface area contributed by atoms with Crippen LogP contribution in [0.4, 0.5) is 0 Å². The number of benzene rings is 1. The monoisotopic (exact) mass is 870 g/mol. The lowest BCUT2D eigenvalue weighted by Crippen LogP contribution is -2.61. The zero-order valence-electron chi connectivity index (χ0n) is 34.6. The van der Waals surface area contributed by atoms with E-state index in [4.69, 9.17) is 21.3 Å². The van der Waals surface area contributed by atoms with E-state index in [1.165, 1.54) is 43.0 Å². The van der Waals surface area contributed by atoms with Crippen LogP contribution in [0.1, 0.15) is 91.0 Å². The molecule has 1 saturated heterocycles. The second kappa shape index (κ2) is 25.2. The molecule has 338 valence electrons. The zero-order chi connectivity index (χ0) is 45.2. The summed E-state index contributed by atoms with van der Waals surface area (Å²) < 4.78 is 15.9. The zero-order valence-corrected chi connectivity index (χ0v) is 35.5. The first kappa shape index (κ1) is 51.5. The second-order valence-corrected chi connectivity index (χ2v) is 16.5. The average molecular weight is 871 g/mol. The lowest BCUT2D eigenvalue weighted by Gasteiger charge is -2.29. The van der Waals surface area contributed by atoms with Crippen molar-refractivity contribution in [1.82, 2.24) is 31.5 Å². The van der Waals surface area contributed by atoms with E-state index >= 15 is 0 Å². The van der Waals surface area contributed by atoms with Crippen LogP contribution in [0.2, 0.25) is 0 Å². The lowest BCUT2D eigenvalue weighted by atomic mass is 9.99. The number of nitrogens with zero attached hydrogens (tertiary/aromatic N) is 1. The Balaban J connectivity index is 2.38. The Morgan fingerprint density at radius 3 is 1.83 bits per heavy atom. The average Bonchev–Trinajstić information content (AvgIpc) is 3.66. The third-order valence-electron chi connectivity index (χ3n) is 9.72. The van der Waals surface area contributed by atoms with E-state index in [-0.39, 0.29) is 49.8 Å². The standard InChI is InChI=1S/C38H63N8O13P/c1-22(2)20-29(34(50)41-27(10-5-7-17-39)33(49)45-32(23(3)47)37(53)42-28(38(54)55)11-6-8-18-40)43-35(51)30(44-36(52)31-12-9-19-46(31)24(4)48)21-25-13-15-26(16-14-25)59-60(56,57)58/h13-16,22-23,27-32,47H,5-12,17-21,39-40H2,1-4H3,(H,41,50)(H,42,53)(H,43,51)(H,44,52)(H,45,49)(H,54,55)(H2,56,57,58)/t23-,27+,28+,29+,30+,31+,32+/m1/s1. The quantitative estimate of drug-likeness (QED) is 0.0389.